The van der Waals surface area contributed by atoms with E-state index in [1.54, 1.807) is 6.92 Å². The molecule has 6 heteroatoms. The van der Waals surface area contributed by atoms with Gasteiger partial charge in [-0.15, -0.1) is 0 Å². The number of nitrogens with two attached hydrogens (primary N) is 2. The summed E-state index contributed by atoms with van der Waals surface area (Å²) in [5.41, 5.74) is 10.6. The second kappa shape index (κ2) is 7.33. The summed E-state index contributed by atoms with van der Waals surface area (Å²) < 4.78 is 0. The van der Waals surface area contributed by atoms with Gasteiger partial charge in [-0.2, -0.15) is 0 Å². The van der Waals surface area contributed by atoms with Crippen molar-refractivity contribution >= 4 is 11.9 Å². The Morgan fingerprint density at radius 3 is 2.44 bits per heavy atom. The van der Waals surface area contributed by atoms with Crippen LogP contribution in [0.4, 0.5) is 4.79 Å². The highest BCUT2D eigenvalue weighted by atomic mass is 16.2. The second-order valence-electron chi connectivity index (χ2n) is 4.85. The van der Waals surface area contributed by atoms with Gasteiger partial charge in [0.25, 0.3) is 0 Å². The molecule has 6 nitrogen and oxygen atoms in total. The van der Waals surface area contributed by atoms with Crippen molar-refractivity contribution in [2.45, 2.75) is 51.1 Å². The molecule has 0 aliphatic heterocycles. The third-order valence-electron chi connectivity index (χ3n) is 3.55. The minimum absolute atomic E-state index is 0.346. The van der Waals surface area contributed by atoms with Gasteiger partial charge >= 0.3 is 6.03 Å². The van der Waals surface area contributed by atoms with Crippen LogP contribution < -0.4 is 16.8 Å². The van der Waals surface area contributed by atoms with Crippen molar-refractivity contribution in [3.05, 3.63) is 0 Å². The maximum Gasteiger partial charge on any atom is 0.318 e. The van der Waals surface area contributed by atoms with E-state index in [4.69, 9.17) is 11.5 Å². The summed E-state index contributed by atoms with van der Waals surface area (Å²) >= 11 is 0. The lowest BCUT2D eigenvalue weighted by Gasteiger charge is -2.37. The van der Waals surface area contributed by atoms with Gasteiger partial charge in [0.2, 0.25) is 5.91 Å². The molecule has 1 unspecified atom stereocenters. The van der Waals surface area contributed by atoms with E-state index in [0.29, 0.717) is 19.1 Å². The molecule has 5 N–H and O–H groups in total. The molecule has 3 amide bonds. The lowest BCUT2D eigenvalue weighted by atomic mass is 9.93. The molecule has 18 heavy (non-hydrogen) atoms. The lowest BCUT2D eigenvalue weighted by Crippen LogP contribution is -2.53. The van der Waals surface area contributed by atoms with Crippen LogP contribution in [-0.2, 0) is 4.79 Å². The molecule has 0 aromatic heterocycles. The fourth-order valence-electron chi connectivity index (χ4n) is 2.63. The van der Waals surface area contributed by atoms with Gasteiger partial charge < -0.3 is 11.5 Å². The maximum atomic E-state index is 11.8. The highest BCUT2D eigenvalue weighted by Gasteiger charge is 2.28. The Bertz CT molecular complexity index is 290. The molecule has 1 fully saturated rings. The third kappa shape index (κ3) is 4.27. The highest BCUT2D eigenvalue weighted by Crippen LogP contribution is 2.23. The Kier molecular flexibility index (Phi) is 6.07. The Morgan fingerprint density at radius 1 is 1.33 bits per heavy atom. The van der Waals surface area contributed by atoms with Gasteiger partial charge in [-0.3, -0.25) is 15.0 Å². The Balaban J connectivity index is 2.63. The van der Waals surface area contributed by atoms with Gasteiger partial charge in [0, 0.05) is 19.1 Å². The Morgan fingerprint density at radius 2 is 1.94 bits per heavy atom. The summed E-state index contributed by atoms with van der Waals surface area (Å²) in [5.74, 6) is -0.346. The topological polar surface area (TPSA) is 101 Å². The summed E-state index contributed by atoms with van der Waals surface area (Å²) in [7, 11) is 0. The molecule has 0 radical (unpaired) electrons. The number of hydrogen-bond donors (Lipinski definition) is 3. The van der Waals surface area contributed by atoms with Crippen LogP contribution in [0.3, 0.4) is 0 Å². The number of nitrogens with one attached hydrogen (secondary N) is 1. The predicted molar refractivity (Wildman–Crippen MR) is 69.8 cm³/mol. The van der Waals surface area contributed by atoms with E-state index in [0.717, 1.165) is 12.8 Å². The van der Waals surface area contributed by atoms with Crippen LogP contribution in [0.2, 0.25) is 0 Å². The molecular weight excluding hydrogens is 232 g/mol. The molecule has 0 aromatic rings. The number of carbonyl (C=O) groups excluding carboxylic acids is 2. The fourth-order valence-corrected chi connectivity index (χ4v) is 2.63. The maximum absolute atomic E-state index is 11.8. The molecule has 0 spiro atoms. The van der Waals surface area contributed by atoms with Crippen LogP contribution >= 0.6 is 0 Å². The van der Waals surface area contributed by atoms with Gasteiger partial charge in [-0.05, 0) is 19.8 Å². The van der Waals surface area contributed by atoms with E-state index in [2.05, 4.69) is 10.2 Å². The molecular formula is C12H24N4O2. The first-order valence-corrected chi connectivity index (χ1v) is 6.62. The standard InChI is InChI=1S/C12H24N4O2/c1-9(11(17)15-12(14)18)16(8-7-13)10-5-3-2-4-6-10/h9-10H,2-8,13H2,1H3,(H3,14,15,17,18). The molecule has 0 saturated heterocycles. The van der Waals surface area contributed by atoms with E-state index >= 15 is 0 Å². The van der Waals surface area contributed by atoms with Gasteiger partial charge in [-0.25, -0.2) is 4.79 Å². The second-order valence-corrected chi connectivity index (χ2v) is 4.85. The molecule has 1 rings (SSSR count). The third-order valence-corrected chi connectivity index (χ3v) is 3.55. The normalized spacial score (nSPS) is 18.6. The summed E-state index contributed by atoms with van der Waals surface area (Å²) in [6.07, 6.45) is 5.82. The Labute approximate surface area is 108 Å². The summed E-state index contributed by atoms with van der Waals surface area (Å²) in [4.78, 5) is 24.6. The van der Waals surface area contributed by atoms with Gasteiger partial charge in [0.15, 0.2) is 0 Å². The SMILES string of the molecule is CC(C(=O)NC(N)=O)N(CCN)C1CCCCC1. The highest BCUT2D eigenvalue weighted by molar-refractivity contribution is 5.96. The number of carbonyl (C=O) groups is 2. The number of urea groups is 1. The summed E-state index contributed by atoms with van der Waals surface area (Å²) in [6, 6.07) is -0.789. The molecule has 0 aromatic carbocycles. The van der Waals surface area contributed by atoms with E-state index in [1.807, 2.05) is 0 Å². The summed E-state index contributed by atoms with van der Waals surface area (Å²) in [6.45, 7) is 2.96. The molecule has 104 valence electrons. The van der Waals surface area contributed by atoms with Crippen LogP contribution in [0, 0.1) is 0 Å². The molecule has 1 saturated carbocycles. The zero-order valence-electron chi connectivity index (χ0n) is 11.0. The Hall–Kier alpha value is -1.14. The monoisotopic (exact) mass is 256 g/mol. The number of hydrogen-bond acceptors (Lipinski definition) is 4. The van der Waals surface area contributed by atoms with Crippen LogP contribution in [0.1, 0.15) is 39.0 Å². The first-order valence-electron chi connectivity index (χ1n) is 6.62. The number of rotatable bonds is 5. The number of primary amides is 1. The van der Waals surface area contributed by atoms with Gasteiger partial charge in [-0.1, -0.05) is 19.3 Å². The summed E-state index contributed by atoms with van der Waals surface area (Å²) in [5, 5.41) is 2.14. The van der Waals surface area contributed by atoms with Gasteiger partial charge in [0.05, 0.1) is 6.04 Å². The minimum atomic E-state index is -0.803. The van der Waals surface area contributed by atoms with Crippen LogP contribution in [0.15, 0.2) is 0 Å². The number of nitrogens with zero attached hydrogens (tertiary/aromatic N) is 1. The number of imide groups is 1. The molecule has 0 heterocycles. The quantitative estimate of drug-likeness (QED) is 0.652. The predicted octanol–water partition coefficient (Wildman–Crippen LogP) is 0.163. The minimum Gasteiger partial charge on any atom is -0.351 e. The smallest absolute Gasteiger partial charge is 0.318 e. The zero-order valence-corrected chi connectivity index (χ0v) is 11.0. The van der Waals surface area contributed by atoms with Crippen molar-refractivity contribution in [1.82, 2.24) is 10.2 Å². The average Bonchev–Trinajstić information content (AvgIpc) is 2.35. The van der Waals surface area contributed by atoms with E-state index < -0.39 is 6.03 Å². The van der Waals surface area contributed by atoms with Crippen molar-refractivity contribution in [1.29, 1.82) is 0 Å². The van der Waals surface area contributed by atoms with Gasteiger partial charge in [0.1, 0.15) is 0 Å². The molecule has 0 bridgehead atoms. The molecule has 1 aliphatic carbocycles. The van der Waals surface area contributed by atoms with Crippen molar-refractivity contribution in [3.8, 4) is 0 Å². The van der Waals surface area contributed by atoms with Crippen LogP contribution in [-0.4, -0.2) is 42.0 Å². The van der Waals surface area contributed by atoms with E-state index in [-0.39, 0.29) is 11.9 Å². The number of amides is 3. The van der Waals surface area contributed by atoms with E-state index in [1.165, 1.54) is 19.3 Å². The van der Waals surface area contributed by atoms with Crippen molar-refractivity contribution < 1.29 is 9.59 Å². The zero-order chi connectivity index (χ0) is 13.5. The molecule has 1 atom stereocenters. The first kappa shape index (κ1) is 14.9. The fraction of sp³-hybridized carbons (Fsp3) is 0.833. The molecule has 1 aliphatic rings. The first-order chi connectivity index (χ1) is 8.56. The van der Waals surface area contributed by atoms with E-state index in [9.17, 15) is 9.59 Å². The van der Waals surface area contributed by atoms with Crippen LogP contribution in [0.25, 0.3) is 0 Å². The lowest BCUT2D eigenvalue weighted by molar-refractivity contribution is -0.125. The van der Waals surface area contributed by atoms with Crippen molar-refractivity contribution in [3.63, 3.8) is 0 Å². The van der Waals surface area contributed by atoms with Crippen LogP contribution in [0.5, 0.6) is 0 Å². The van der Waals surface area contributed by atoms with Crippen molar-refractivity contribution in [2.75, 3.05) is 13.1 Å². The van der Waals surface area contributed by atoms with Crippen molar-refractivity contribution in [2.24, 2.45) is 11.5 Å². The largest absolute Gasteiger partial charge is 0.351 e. The average molecular weight is 256 g/mol.